The van der Waals surface area contributed by atoms with Gasteiger partial charge in [0.15, 0.2) is 5.16 Å². The number of aromatic nitrogens is 4. The molecule has 0 saturated carbocycles. The highest BCUT2D eigenvalue weighted by Gasteiger charge is 2.22. The van der Waals surface area contributed by atoms with Gasteiger partial charge in [-0.25, -0.2) is 4.39 Å². The summed E-state index contributed by atoms with van der Waals surface area (Å²) in [7, 11) is 2.01. The molecule has 3 aromatic rings. The van der Waals surface area contributed by atoms with E-state index < -0.39 is 0 Å². The van der Waals surface area contributed by atoms with Gasteiger partial charge in [0.2, 0.25) is 0 Å². The van der Waals surface area contributed by atoms with E-state index in [-0.39, 0.29) is 11.9 Å². The van der Waals surface area contributed by atoms with E-state index in [1.165, 1.54) is 6.07 Å². The number of hydrogen-bond acceptors (Lipinski definition) is 6. The summed E-state index contributed by atoms with van der Waals surface area (Å²) < 4.78 is 21.5. The van der Waals surface area contributed by atoms with E-state index in [0.717, 1.165) is 54.0 Å². The molecular weight excluding hydrogens is 401 g/mol. The minimum absolute atomic E-state index is 0.197. The van der Waals surface area contributed by atoms with E-state index >= 15 is 0 Å². The average molecular weight is 428 g/mol. The van der Waals surface area contributed by atoms with Crippen LogP contribution in [-0.4, -0.2) is 44.4 Å². The van der Waals surface area contributed by atoms with Crippen LogP contribution in [0.4, 0.5) is 4.39 Å². The van der Waals surface area contributed by atoms with Gasteiger partial charge in [0.25, 0.3) is 0 Å². The van der Waals surface area contributed by atoms with Crippen molar-refractivity contribution in [3.63, 3.8) is 0 Å². The molecule has 4 rings (SSSR count). The van der Waals surface area contributed by atoms with Crippen LogP contribution in [-0.2, 0) is 30.1 Å². The first kappa shape index (κ1) is 21.0. The smallest absolute Gasteiger partial charge is 0.191 e. The van der Waals surface area contributed by atoms with Gasteiger partial charge in [-0.15, -0.1) is 10.2 Å². The molecule has 158 valence electrons. The van der Waals surface area contributed by atoms with Gasteiger partial charge in [0, 0.05) is 25.1 Å². The Morgan fingerprint density at radius 3 is 2.90 bits per heavy atom. The predicted molar refractivity (Wildman–Crippen MR) is 114 cm³/mol. The molecule has 0 amide bonds. The van der Waals surface area contributed by atoms with Crippen molar-refractivity contribution in [3.8, 4) is 0 Å². The molecule has 1 saturated heterocycles. The molecule has 3 heterocycles. The summed E-state index contributed by atoms with van der Waals surface area (Å²) >= 11 is 1.64. The van der Waals surface area contributed by atoms with Crippen LogP contribution in [0.15, 0.2) is 53.8 Å². The van der Waals surface area contributed by atoms with Crippen molar-refractivity contribution in [1.82, 2.24) is 24.6 Å². The van der Waals surface area contributed by atoms with E-state index in [4.69, 9.17) is 4.74 Å². The topological polar surface area (TPSA) is 56.1 Å². The fourth-order valence-electron chi connectivity index (χ4n) is 3.58. The Labute approximate surface area is 180 Å². The number of nitrogens with zero attached hydrogens (tertiary/aromatic N) is 5. The molecule has 0 N–H and O–H groups in total. The third kappa shape index (κ3) is 5.65. The first-order chi connectivity index (χ1) is 14.7. The molecule has 1 fully saturated rings. The Bertz CT molecular complexity index is 946. The van der Waals surface area contributed by atoms with E-state index in [0.29, 0.717) is 13.1 Å². The number of halogens is 1. The number of rotatable bonds is 9. The van der Waals surface area contributed by atoms with Crippen LogP contribution in [0, 0.1) is 5.82 Å². The first-order valence-corrected chi connectivity index (χ1v) is 11.2. The van der Waals surface area contributed by atoms with Crippen LogP contribution in [0.25, 0.3) is 0 Å². The normalized spacial score (nSPS) is 16.4. The summed E-state index contributed by atoms with van der Waals surface area (Å²) in [5, 5.41) is 9.80. The van der Waals surface area contributed by atoms with Gasteiger partial charge in [-0.3, -0.25) is 9.88 Å². The monoisotopic (exact) mass is 427 g/mol. The highest BCUT2D eigenvalue weighted by Crippen LogP contribution is 2.24. The summed E-state index contributed by atoms with van der Waals surface area (Å²) in [5.41, 5.74) is 1.95. The van der Waals surface area contributed by atoms with Gasteiger partial charge in [-0.2, -0.15) is 0 Å². The fourth-order valence-corrected chi connectivity index (χ4v) is 4.47. The maximum absolute atomic E-state index is 13.5. The lowest BCUT2D eigenvalue weighted by Gasteiger charge is -2.19. The van der Waals surface area contributed by atoms with Crippen molar-refractivity contribution in [2.24, 2.45) is 0 Å². The number of ether oxygens (including phenoxy) is 1. The summed E-state index contributed by atoms with van der Waals surface area (Å²) in [6, 6.07) is 12.6. The molecule has 8 heteroatoms. The molecule has 0 aliphatic carbocycles. The molecule has 0 radical (unpaired) electrons. The molecule has 0 unspecified atom stereocenters. The van der Waals surface area contributed by atoms with Gasteiger partial charge in [0.05, 0.1) is 24.9 Å². The van der Waals surface area contributed by atoms with Crippen molar-refractivity contribution in [2.75, 3.05) is 13.7 Å². The number of thioether (sulfide) groups is 1. The quantitative estimate of drug-likeness (QED) is 0.483. The lowest BCUT2D eigenvalue weighted by molar-refractivity contribution is 0.0934. The van der Waals surface area contributed by atoms with Crippen LogP contribution in [0.1, 0.15) is 29.9 Å². The summed E-state index contributed by atoms with van der Waals surface area (Å²) in [4.78, 5) is 6.52. The number of benzene rings is 1. The molecule has 6 nitrogen and oxygen atoms in total. The van der Waals surface area contributed by atoms with Crippen molar-refractivity contribution >= 4 is 11.8 Å². The average Bonchev–Trinajstić information content (AvgIpc) is 3.38. The minimum Gasteiger partial charge on any atom is -0.376 e. The van der Waals surface area contributed by atoms with E-state index in [1.54, 1.807) is 30.1 Å². The Morgan fingerprint density at radius 1 is 1.20 bits per heavy atom. The second kappa shape index (κ2) is 10.1. The van der Waals surface area contributed by atoms with Crippen molar-refractivity contribution in [3.05, 3.63) is 71.6 Å². The van der Waals surface area contributed by atoms with Crippen LogP contribution in [0.3, 0.4) is 0 Å². The number of hydrogen-bond donors (Lipinski definition) is 0. The summed E-state index contributed by atoms with van der Waals surface area (Å²) in [5.74, 6) is 1.42. The molecule has 0 bridgehead atoms. The van der Waals surface area contributed by atoms with Crippen molar-refractivity contribution < 1.29 is 9.13 Å². The SMILES string of the molecule is CN(Cc1cccc(F)c1)Cc1nnc(SCc2ccccn2)n1C[C@H]1CCCO1. The second-order valence-electron chi connectivity index (χ2n) is 7.56. The predicted octanol–water partition coefficient (Wildman–Crippen LogP) is 3.92. The molecule has 1 aromatic carbocycles. The standard InChI is InChI=1S/C22H26FN5OS/c1-27(13-17-6-4-7-18(23)12-17)15-21-25-26-22(28(21)14-20-9-5-11-29-20)30-16-19-8-2-3-10-24-19/h2-4,6-8,10,12,20H,5,9,11,13-16H2,1H3/t20-/m1/s1. The number of pyridine rings is 1. The van der Waals surface area contributed by atoms with E-state index in [2.05, 4.69) is 24.6 Å². The van der Waals surface area contributed by atoms with Gasteiger partial charge >= 0.3 is 0 Å². The van der Waals surface area contributed by atoms with Crippen LogP contribution < -0.4 is 0 Å². The van der Waals surface area contributed by atoms with Gasteiger partial charge < -0.3 is 9.30 Å². The third-order valence-electron chi connectivity index (χ3n) is 5.03. The van der Waals surface area contributed by atoms with E-state index in [9.17, 15) is 4.39 Å². The molecule has 30 heavy (non-hydrogen) atoms. The Balaban J connectivity index is 1.47. The lowest BCUT2D eigenvalue weighted by Crippen LogP contribution is -2.23. The highest BCUT2D eigenvalue weighted by molar-refractivity contribution is 7.98. The first-order valence-electron chi connectivity index (χ1n) is 10.2. The van der Waals surface area contributed by atoms with Crippen LogP contribution in [0.2, 0.25) is 0 Å². The maximum Gasteiger partial charge on any atom is 0.191 e. The van der Waals surface area contributed by atoms with Crippen LogP contribution in [0.5, 0.6) is 0 Å². The molecule has 1 atom stereocenters. The molecule has 2 aromatic heterocycles. The van der Waals surface area contributed by atoms with Crippen LogP contribution >= 0.6 is 11.8 Å². The molecule has 0 spiro atoms. The van der Waals surface area contributed by atoms with Gasteiger partial charge in [-0.1, -0.05) is 30.0 Å². The lowest BCUT2D eigenvalue weighted by atomic mass is 10.2. The molecule has 1 aliphatic heterocycles. The zero-order chi connectivity index (χ0) is 20.8. The highest BCUT2D eigenvalue weighted by atomic mass is 32.2. The molecule has 1 aliphatic rings. The minimum atomic E-state index is -0.212. The van der Waals surface area contributed by atoms with Crippen molar-refractivity contribution in [1.29, 1.82) is 0 Å². The van der Waals surface area contributed by atoms with E-state index in [1.807, 2.05) is 31.3 Å². The Morgan fingerprint density at radius 2 is 2.13 bits per heavy atom. The van der Waals surface area contributed by atoms with Crippen molar-refractivity contribution in [2.45, 2.75) is 49.5 Å². The Hall–Kier alpha value is -2.29. The van der Waals surface area contributed by atoms with Gasteiger partial charge in [0.1, 0.15) is 11.6 Å². The zero-order valence-electron chi connectivity index (χ0n) is 17.1. The zero-order valence-corrected chi connectivity index (χ0v) is 17.9. The summed E-state index contributed by atoms with van der Waals surface area (Å²) in [6.07, 6.45) is 4.15. The summed E-state index contributed by atoms with van der Waals surface area (Å²) in [6.45, 7) is 2.83. The fraction of sp³-hybridized carbons (Fsp3) is 0.409. The largest absolute Gasteiger partial charge is 0.376 e. The Kier molecular flexibility index (Phi) is 7.09. The third-order valence-corrected chi connectivity index (χ3v) is 6.03. The maximum atomic E-state index is 13.5. The van der Waals surface area contributed by atoms with Gasteiger partial charge in [-0.05, 0) is 49.7 Å². The molecular formula is C22H26FN5OS. The second-order valence-corrected chi connectivity index (χ2v) is 8.50.